The SMILES string of the molecule is CCNC(=NCCc1c[nH]c2c(C)cccc12)N(C)CC(=O)NC(C)(C)C.I. The molecule has 1 aromatic carbocycles. The van der Waals surface area contributed by atoms with Gasteiger partial charge in [-0.3, -0.25) is 9.79 Å². The van der Waals surface area contributed by atoms with Crippen LogP contribution in [0, 0.1) is 6.92 Å². The number of aromatic nitrogens is 1. The first-order chi connectivity index (χ1) is 12.7. The molecule has 0 atom stereocenters. The zero-order valence-electron chi connectivity index (χ0n) is 17.8. The summed E-state index contributed by atoms with van der Waals surface area (Å²) in [6.45, 7) is 11.8. The van der Waals surface area contributed by atoms with Crippen molar-refractivity contribution in [3.63, 3.8) is 0 Å². The van der Waals surface area contributed by atoms with Crippen LogP contribution in [0.25, 0.3) is 10.9 Å². The second-order valence-corrected chi connectivity index (χ2v) is 7.95. The molecule has 0 unspecified atom stereocenters. The van der Waals surface area contributed by atoms with Crippen LogP contribution in [0.5, 0.6) is 0 Å². The molecule has 0 aliphatic rings. The molecule has 28 heavy (non-hydrogen) atoms. The zero-order chi connectivity index (χ0) is 20.0. The molecule has 2 aromatic rings. The number of carbonyl (C=O) groups excluding carboxylic acids is 1. The van der Waals surface area contributed by atoms with E-state index < -0.39 is 0 Å². The van der Waals surface area contributed by atoms with Crippen LogP contribution in [-0.4, -0.2) is 54.0 Å². The van der Waals surface area contributed by atoms with Crippen molar-refractivity contribution in [1.82, 2.24) is 20.5 Å². The second kappa shape index (κ2) is 10.7. The Bertz CT molecular complexity index is 807. The van der Waals surface area contributed by atoms with Crippen LogP contribution >= 0.6 is 24.0 Å². The Morgan fingerprint density at radius 1 is 1.29 bits per heavy atom. The highest BCUT2D eigenvalue weighted by molar-refractivity contribution is 14.0. The van der Waals surface area contributed by atoms with Crippen molar-refractivity contribution in [2.75, 3.05) is 26.7 Å². The molecule has 0 fully saturated rings. The molecule has 6 nitrogen and oxygen atoms in total. The summed E-state index contributed by atoms with van der Waals surface area (Å²) in [7, 11) is 1.89. The molecule has 7 heteroatoms. The molecular weight excluding hydrogens is 465 g/mol. The molecule has 3 N–H and O–H groups in total. The number of aromatic amines is 1. The lowest BCUT2D eigenvalue weighted by Crippen LogP contribution is -2.48. The molecule has 2 rings (SSSR count). The molecule has 1 amide bonds. The summed E-state index contributed by atoms with van der Waals surface area (Å²) < 4.78 is 0. The van der Waals surface area contributed by atoms with Gasteiger partial charge in [0.15, 0.2) is 5.96 Å². The van der Waals surface area contributed by atoms with E-state index in [9.17, 15) is 4.79 Å². The minimum Gasteiger partial charge on any atom is -0.361 e. The number of nitrogens with one attached hydrogen (secondary N) is 3. The van der Waals surface area contributed by atoms with Gasteiger partial charge in [0.25, 0.3) is 0 Å². The number of para-hydroxylation sites is 1. The van der Waals surface area contributed by atoms with E-state index >= 15 is 0 Å². The minimum atomic E-state index is -0.235. The molecule has 156 valence electrons. The number of rotatable bonds is 6. The Hall–Kier alpha value is -1.77. The quantitative estimate of drug-likeness (QED) is 0.324. The van der Waals surface area contributed by atoms with Crippen LogP contribution in [0.4, 0.5) is 0 Å². The predicted octanol–water partition coefficient (Wildman–Crippen LogP) is 3.45. The van der Waals surface area contributed by atoms with Crippen molar-refractivity contribution in [2.45, 2.75) is 46.6 Å². The summed E-state index contributed by atoms with van der Waals surface area (Å²) in [5.74, 6) is 0.736. The average Bonchev–Trinajstić information content (AvgIpc) is 2.97. The molecule has 0 bridgehead atoms. The normalized spacial score (nSPS) is 11.9. The van der Waals surface area contributed by atoms with Crippen LogP contribution in [0.2, 0.25) is 0 Å². The Kier molecular flexibility index (Phi) is 9.26. The highest BCUT2D eigenvalue weighted by Gasteiger charge is 2.16. The van der Waals surface area contributed by atoms with E-state index in [1.54, 1.807) is 0 Å². The Labute approximate surface area is 185 Å². The average molecular weight is 499 g/mol. The molecule has 0 saturated heterocycles. The molecule has 0 radical (unpaired) electrons. The van der Waals surface area contributed by atoms with Crippen molar-refractivity contribution in [1.29, 1.82) is 0 Å². The van der Waals surface area contributed by atoms with Gasteiger partial charge in [0, 0.05) is 42.8 Å². The minimum absolute atomic E-state index is 0. The van der Waals surface area contributed by atoms with E-state index in [0.29, 0.717) is 6.54 Å². The van der Waals surface area contributed by atoms with Crippen LogP contribution in [0.3, 0.4) is 0 Å². The van der Waals surface area contributed by atoms with Gasteiger partial charge in [0.1, 0.15) is 0 Å². The first-order valence-corrected chi connectivity index (χ1v) is 9.57. The lowest BCUT2D eigenvalue weighted by atomic mass is 10.1. The Balaban J connectivity index is 0.00000392. The van der Waals surface area contributed by atoms with Gasteiger partial charge < -0.3 is 20.5 Å². The number of carbonyl (C=O) groups is 1. The monoisotopic (exact) mass is 499 g/mol. The molecular formula is C21H34IN5O. The molecule has 0 spiro atoms. The third kappa shape index (κ3) is 7.00. The summed E-state index contributed by atoms with van der Waals surface area (Å²) in [4.78, 5) is 22.1. The number of aryl methyl sites for hydroxylation is 1. The van der Waals surface area contributed by atoms with Gasteiger partial charge in [-0.05, 0) is 52.2 Å². The highest BCUT2D eigenvalue weighted by Crippen LogP contribution is 2.21. The summed E-state index contributed by atoms with van der Waals surface area (Å²) in [5, 5.41) is 7.51. The van der Waals surface area contributed by atoms with Crippen LogP contribution in [-0.2, 0) is 11.2 Å². The van der Waals surface area contributed by atoms with Gasteiger partial charge in [-0.15, -0.1) is 24.0 Å². The number of hydrogen-bond donors (Lipinski definition) is 3. The van der Waals surface area contributed by atoms with E-state index in [0.717, 1.165) is 18.9 Å². The van der Waals surface area contributed by atoms with E-state index in [2.05, 4.69) is 46.9 Å². The first-order valence-electron chi connectivity index (χ1n) is 9.57. The maximum atomic E-state index is 12.2. The van der Waals surface area contributed by atoms with Gasteiger partial charge in [0.2, 0.25) is 5.91 Å². The predicted molar refractivity (Wildman–Crippen MR) is 129 cm³/mol. The molecule has 0 aliphatic carbocycles. The third-order valence-corrected chi connectivity index (χ3v) is 4.24. The molecule has 1 heterocycles. The van der Waals surface area contributed by atoms with E-state index in [1.165, 1.54) is 22.0 Å². The van der Waals surface area contributed by atoms with Crippen molar-refractivity contribution in [3.8, 4) is 0 Å². The van der Waals surface area contributed by atoms with Crippen molar-refractivity contribution >= 4 is 46.7 Å². The Morgan fingerprint density at radius 3 is 2.64 bits per heavy atom. The van der Waals surface area contributed by atoms with Gasteiger partial charge >= 0.3 is 0 Å². The number of halogens is 1. The summed E-state index contributed by atoms with van der Waals surface area (Å²) >= 11 is 0. The largest absolute Gasteiger partial charge is 0.361 e. The topological polar surface area (TPSA) is 72.5 Å². The van der Waals surface area contributed by atoms with Crippen LogP contribution < -0.4 is 10.6 Å². The fraction of sp³-hybridized carbons (Fsp3) is 0.524. The number of hydrogen-bond acceptors (Lipinski definition) is 2. The third-order valence-electron chi connectivity index (χ3n) is 4.24. The van der Waals surface area contributed by atoms with Crippen LogP contribution in [0.1, 0.15) is 38.8 Å². The number of likely N-dealkylation sites (N-methyl/N-ethyl adjacent to an activating group) is 1. The summed E-state index contributed by atoms with van der Waals surface area (Å²) in [6, 6.07) is 6.34. The van der Waals surface area contributed by atoms with Gasteiger partial charge in [-0.1, -0.05) is 18.2 Å². The first kappa shape index (κ1) is 24.3. The maximum Gasteiger partial charge on any atom is 0.240 e. The fourth-order valence-electron chi connectivity index (χ4n) is 3.07. The maximum absolute atomic E-state index is 12.2. The smallest absolute Gasteiger partial charge is 0.240 e. The lowest BCUT2D eigenvalue weighted by Gasteiger charge is -2.25. The van der Waals surface area contributed by atoms with Gasteiger partial charge in [-0.25, -0.2) is 0 Å². The number of fused-ring (bicyclic) bond motifs is 1. The zero-order valence-corrected chi connectivity index (χ0v) is 20.2. The van der Waals surface area contributed by atoms with E-state index in [4.69, 9.17) is 4.99 Å². The molecule has 1 aromatic heterocycles. The number of nitrogens with zero attached hydrogens (tertiary/aromatic N) is 2. The second-order valence-electron chi connectivity index (χ2n) is 7.95. The lowest BCUT2D eigenvalue weighted by molar-refractivity contribution is -0.122. The summed E-state index contributed by atoms with van der Waals surface area (Å²) in [5.41, 5.74) is 3.47. The molecule has 0 aliphatic heterocycles. The number of guanidine groups is 1. The van der Waals surface area contributed by atoms with Gasteiger partial charge in [-0.2, -0.15) is 0 Å². The number of aliphatic imine (C=N–C) groups is 1. The van der Waals surface area contributed by atoms with E-state index in [1.807, 2.05) is 39.6 Å². The number of benzene rings is 1. The number of amides is 1. The standard InChI is InChI=1S/C21H33N5O.HI/c1-7-22-20(26(6)14-18(27)25-21(3,4)5)23-12-11-16-13-24-19-15(2)9-8-10-17(16)19;/h8-10,13,24H,7,11-12,14H2,1-6H3,(H,22,23)(H,25,27);1H. The van der Waals surface area contributed by atoms with Crippen molar-refractivity contribution < 1.29 is 4.79 Å². The van der Waals surface area contributed by atoms with Crippen molar-refractivity contribution in [3.05, 3.63) is 35.5 Å². The summed E-state index contributed by atoms with van der Waals surface area (Å²) in [6.07, 6.45) is 2.92. The fourth-order valence-corrected chi connectivity index (χ4v) is 3.07. The van der Waals surface area contributed by atoms with Gasteiger partial charge in [0.05, 0.1) is 6.54 Å². The number of H-pyrrole nitrogens is 1. The van der Waals surface area contributed by atoms with E-state index in [-0.39, 0.29) is 42.0 Å². The molecule has 0 saturated carbocycles. The Morgan fingerprint density at radius 2 is 2.00 bits per heavy atom. The van der Waals surface area contributed by atoms with Crippen molar-refractivity contribution in [2.24, 2.45) is 4.99 Å². The highest BCUT2D eigenvalue weighted by atomic mass is 127. The van der Waals surface area contributed by atoms with Crippen LogP contribution in [0.15, 0.2) is 29.4 Å².